The summed E-state index contributed by atoms with van der Waals surface area (Å²) in [6.45, 7) is 7.18. The van der Waals surface area contributed by atoms with E-state index in [1.807, 2.05) is 59.3 Å². The molecule has 1 atom stereocenters. The number of hydrogen-bond acceptors (Lipinski definition) is 3. The molecule has 1 heterocycles. The first-order chi connectivity index (χ1) is 12.1. The van der Waals surface area contributed by atoms with E-state index in [1.54, 1.807) is 6.20 Å². The fourth-order valence-electron chi connectivity index (χ4n) is 2.73. The van der Waals surface area contributed by atoms with Crippen molar-refractivity contribution in [1.82, 2.24) is 9.88 Å². The van der Waals surface area contributed by atoms with Crippen LogP contribution in [0, 0.1) is 0 Å². The number of hydrogen-bond donors (Lipinski definition) is 0. The van der Waals surface area contributed by atoms with E-state index in [2.05, 4.69) is 25.8 Å². The first-order valence-electron chi connectivity index (χ1n) is 9.14. The zero-order chi connectivity index (χ0) is 18.2. The summed E-state index contributed by atoms with van der Waals surface area (Å²) in [5.74, 6) is 0.899. The van der Waals surface area contributed by atoms with Gasteiger partial charge < -0.3 is 9.80 Å². The minimum absolute atomic E-state index is 0.0733. The van der Waals surface area contributed by atoms with E-state index >= 15 is 0 Å². The molecule has 1 aromatic carbocycles. The van der Waals surface area contributed by atoms with Crippen LogP contribution in [0.15, 0.2) is 48.7 Å². The quantitative estimate of drug-likeness (QED) is 0.687. The van der Waals surface area contributed by atoms with E-state index in [9.17, 15) is 4.79 Å². The van der Waals surface area contributed by atoms with Crippen molar-refractivity contribution in [2.24, 2.45) is 0 Å². The van der Waals surface area contributed by atoms with Gasteiger partial charge in [-0.3, -0.25) is 4.79 Å². The second-order valence-electron chi connectivity index (χ2n) is 6.41. The third-order valence-electron chi connectivity index (χ3n) is 4.62. The summed E-state index contributed by atoms with van der Waals surface area (Å²) in [7, 11) is 1.98. The van der Waals surface area contributed by atoms with Crippen LogP contribution in [0.1, 0.15) is 50.4 Å². The van der Waals surface area contributed by atoms with Gasteiger partial charge in [0.25, 0.3) is 5.91 Å². The molecule has 0 aliphatic rings. The van der Waals surface area contributed by atoms with Gasteiger partial charge in [-0.2, -0.15) is 0 Å². The van der Waals surface area contributed by atoms with Crippen LogP contribution in [0.3, 0.4) is 0 Å². The Labute approximate surface area is 151 Å². The molecule has 1 amide bonds. The fourth-order valence-corrected chi connectivity index (χ4v) is 2.73. The molecule has 1 aromatic heterocycles. The Morgan fingerprint density at radius 2 is 1.84 bits per heavy atom. The number of rotatable bonds is 8. The topological polar surface area (TPSA) is 36.4 Å². The van der Waals surface area contributed by atoms with Gasteiger partial charge in [0, 0.05) is 31.5 Å². The Morgan fingerprint density at radius 3 is 2.40 bits per heavy atom. The smallest absolute Gasteiger partial charge is 0.255 e. The van der Waals surface area contributed by atoms with Crippen molar-refractivity contribution in [1.29, 1.82) is 0 Å². The van der Waals surface area contributed by atoms with Crippen molar-refractivity contribution in [3.63, 3.8) is 0 Å². The summed E-state index contributed by atoms with van der Waals surface area (Å²) in [6.07, 6.45) is 4.76. The number of nitrogens with zero attached hydrogens (tertiary/aromatic N) is 3. The Hall–Kier alpha value is -2.36. The number of carbonyl (C=O) groups is 1. The van der Waals surface area contributed by atoms with Crippen molar-refractivity contribution in [2.45, 2.75) is 46.1 Å². The molecule has 25 heavy (non-hydrogen) atoms. The molecule has 4 heteroatoms. The van der Waals surface area contributed by atoms with E-state index in [-0.39, 0.29) is 11.9 Å². The molecule has 2 aromatic rings. The van der Waals surface area contributed by atoms with Crippen LogP contribution in [-0.4, -0.2) is 35.4 Å². The molecule has 1 unspecified atom stereocenters. The summed E-state index contributed by atoms with van der Waals surface area (Å²) in [6, 6.07) is 14.1. The molecule has 0 spiro atoms. The van der Waals surface area contributed by atoms with Gasteiger partial charge >= 0.3 is 0 Å². The van der Waals surface area contributed by atoms with Gasteiger partial charge in [-0.15, -0.1) is 0 Å². The van der Waals surface area contributed by atoms with Gasteiger partial charge in [0.15, 0.2) is 0 Å². The molecule has 0 fully saturated rings. The number of aromatic nitrogens is 1. The van der Waals surface area contributed by atoms with Gasteiger partial charge in [-0.1, -0.05) is 38.5 Å². The molecule has 0 saturated carbocycles. The lowest BCUT2D eigenvalue weighted by Gasteiger charge is -2.28. The SMILES string of the molecule is CCCCN(C(=O)c1ccc(N(C)c2ccccc2)nc1)C(C)CC. The van der Waals surface area contributed by atoms with Crippen LogP contribution in [0.4, 0.5) is 11.5 Å². The molecular weight excluding hydrogens is 310 g/mol. The highest BCUT2D eigenvalue weighted by Crippen LogP contribution is 2.21. The Morgan fingerprint density at radius 1 is 1.12 bits per heavy atom. The third kappa shape index (κ3) is 4.81. The van der Waals surface area contributed by atoms with Gasteiger partial charge in [0.1, 0.15) is 5.82 Å². The van der Waals surface area contributed by atoms with Crippen molar-refractivity contribution in [2.75, 3.05) is 18.5 Å². The molecule has 0 bridgehead atoms. The molecule has 134 valence electrons. The standard InChI is InChI=1S/C21H29N3O/c1-5-7-15-24(17(3)6-2)21(25)18-13-14-20(22-16-18)23(4)19-11-9-8-10-12-19/h8-14,16-17H,5-7,15H2,1-4H3. The van der Waals surface area contributed by atoms with E-state index in [0.717, 1.165) is 37.3 Å². The number of anilines is 2. The first kappa shape index (κ1) is 19.0. The second kappa shape index (κ2) is 9.21. The monoisotopic (exact) mass is 339 g/mol. The van der Waals surface area contributed by atoms with Crippen molar-refractivity contribution in [3.8, 4) is 0 Å². The minimum atomic E-state index is 0.0733. The highest BCUT2D eigenvalue weighted by atomic mass is 16.2. The number of para-hydroxylation sites is 1. The Balaban J connectivity index is 2.15. The minimum Gasteiger partial charge on any atom is -0.336 e. The van der Waals surface area contributed by atoms with E-state index in [1.165, 1.54) is 0 Å². The lowest BCUT2D eigenvalue weighted by atomic mass is 10.1. The zero-order valence-electron chi connectivity index (χ0n) is 15.8. The third-order valence-corrected chi connectivity index (χ3v) is 4.62. The van der Waals surface area contributed by atoms with Gasteiger partial charge in [0.05, 0.1) is 5.56 Å². The maximum atomic E-state index is 12.9. The average molecular weight is 339 g/mol. The molecular formula is C21H29N3O. The van der Waals surface area contributed by atoms with Crippen LogP contribution in [-0.2, 0) is 0 Å². The van der Waals surface area contributed by atoms with Crippen LogP contribution < -0.4 is 4.90 Å². The number of amides is 1. The average Bonchev–Trinajstić information content (AvgIpc) is 2.68. The first-order valence-corrected chi connectivity index (χ1v) is 9.14. The van der Waals surface area contributed by atoms with Crippen molar-refractivity contribution < 1.29 is 4.79 Å². The molecule has 0 aliphatic heterocycles. The Kier molecular flexibility index (Phi) is 6.99. The Bertz CT molecular complexity index is 655. The maximum Gasteiger partial charge on any atom is 0.255 e. The van der Waals surface area contributed by atoms with Gasteiger partial charge in [-0.25, -0.2) is 4.98 Å². The molecule has 0 aliphatic carbocycles. The van der Waals surface area contributed by atoms with Crippen LogP contribution in [0.25, 0.3) is 0 Å². The molecule has 0 radical (unpaired) electrons. The summed E-state index contributed by atoms with van der Waals surface area (Å²) < 4.78 is 0. The normalized spacial score (nSPS) is 11.8. The molecule has 2 rings (SSSR count). The predicted octanol–water partition coefficient (Wildman–Crippen LogP) is 4.89. The van der Waals surface area contributed by atoms with Gasteiger partial charge in [-0.05, 0) is 44.0 Å². The number of unbranched alkanes of at least 4 members (excludes halogenated alkanes) is 1. The van der Waals surface area contributed by atoms with Crippen LogP contribution >= 0.6 is 0 Å². The lowest BCUT2D eigenvalue weighted by Crippen LogP contribution is -2.39. The summed E-state index contributed by atoms with van der Waals surface area (Å²) in [5.41, 5.74) is 1.72. The maximum absolute atomic E-state index is 12.9. The second-order valence-corrected chi connectivity index (χ2v) is 6.41. The van der Waals surface area contributed by atoms with Gasteiger partial charge in [0.2, 0.25) is 0 Å². The van der Waals surface area contributed by atoms with E-state index < -0.39 is 0 Å². The number of benzene rings is 1. The number of carbonyl (C=O) groups excluding carboxylic acids is 1. The lowest BCUT2D eigenvalue weighted by molar-refractivity contribution is 0.0685. The molecule has 0 saturated heterocycles. The molecule has 4 nitrogen and oxygen atoms in total. The summed E-state index contributed by atoms with van der Waals surface area (Å²) in [4.78, 5) is 21.4. The van der Waals surface area contributed by atoms with E-state index in [0.29, 0.717) is 5.56 Å². The van der Waals surface area contributed by atoms with Crippen molar-refractivity contribution >= 4 is 17.4 Å². The van der Waals surface area contributed by atoms with Crippen LogP contribution in [0.5, 0.6) is 0 Å². The number of pyridine rings is 1. The zero-order valence-corrected chi connectivity index (χ0v) is 15.8. The van der Waals surface area contributed by atoms with Crippen molar-refractivity contribution in [3.05, 3.63) is 54.2 Å². The largest absolute Gasteiger partial charge is 0.336 e. The summed E-state index contributed by atoms with van der Waals surface area (Å²) in [5, 5.41) is 0. The van der Waals surface area contributed by atoms with Crippen LogP contribution in [0.2, 0.25) is 0 Å². The fraction of sp³-hybridized carbons (Fsp3) is 0.429. The molecule has 0 N–H and O–H groups in total. The summed E-state index contributed by atoms with van der Waals surface area (Å²) >= 11 is 0. The highest BCUT2D eigenvalue weighted by molar-refractivity contribution is 5.94. The highest BCUT2D eigenvalue weighted by Gasteiger charge is 2.20. The predicted molar refractivity (Wildman–Crippen MR) is 104 cm³/mol. The van der Waals surface area contributed by atoms with E-state index in [4.69, 9.17) is 0 Å².